The van der Waals surface area contributed by atoms with Gasteiger partial charge in [0.25, 0.3) is 0 Å². The van der Waals surface area contributed by atoms with Crippen molar-refractivity contribution in [3.8, 4) is 6.07 Å². The highest BCUT2D eigenvalue weighted by Gasteiger charge is 2.22. The summed E-state index contributed by atoms with van der Waals surface area (Å²) in [4.78, 5) is 14.3. The van der Waals surface area contributed by atoms with Crippen LogP contribution in [0.15, 0.2) is 30.3 Å². The SMILES string of the molecule is N#CCCN(C(=O)CC1CCSCC1)c1ccccc1. The Morgan fingerprint density at radius 1 is 1.30 bits per heavy atom. The molecule has 2 rings (SSSR count). The Kier molecular flexibility index (Phi) is 5.94. The first kappa shape index (κ1) is 14.9. The molecule has 3 nitrogen and oxygen atoms in total. The van der Waals surface area contributed by atoms with Gasteiger partial charge in [-0.15, -0.1) is 0 Å². The maximum absolute atomic E-state index is 12.5. The molecule has 0 aliphatic carbocycles. The van der Waals surface area contributed by atoms with Crippen molar-refractivity contribution in [2.75, 3.05) is 23.0 Å². The van der Waals surface area contributed by atoms with Gasteiger partial charge >= 0.3 is 0 Å². The number of amides is 1. The molecule has 1 aromatic rings. The van der Waals surface area contributed by atoms with Crippen molar-refractivity contribution in [2.45, 2.75) is 25.7 Å². The maximum atomic E-state index is 12.5. The number of benzene rings is 1. The van der Waals surface area contributed by atoms with E-state index in [1.165, 1.54) is 11.5 Å². The summed E-state index contributed by atoms with van der Waals surface area (Å²) in [6.07, 6.45) is 3.26. The summed E-state index contributed by atoms with van der Waals surface area (Å²) in [5, 5.41) is 8.77. The molecule has 20 heavy (non-hydrogen) atoms. The number of nitriles is 1. The fraction of sp³-hybridized carbons (Fsp3) is 0.500. The average Bonchev–Trinajstić information content (AvgIpc) is 2.50. The number of hydrogen-bond acceptors (Lipinski definition) is 3. The van der Waals surface area contributed by atoms with E-state index in [9.17, 15) is 4.79 Å². The van der Waals surface area contributed by atoms with Crippen molar-refractivity contribution in [3.05, 3.63) is 30.3 Å². The number of anilines is 1. The minimum atomic E-state index is 0.156. The Morgan fingerprint density at radius 3 is 2.65 bits per heavy atom. The number of hydrogen-bond donors (Lipinski definition) is 0. The lowest BCUT2D eigenvalue weighted by molar-refractivity contribution is -0.119. The van der Waals surface area contributed by atoms with Crippen LogP contribution in [0.5, 0.6) is 0 Å². The molecule has 1 heterocycles. The van der Waals surface area contributed by atoms with Crippen molar-refractivity contribution in [1.82, 2.24) is 0 Å². The van der Waals surface area contributed by atoms with E-state index in [0.717, 1.165) is 18.5 Å². The molecule has 1 aliphatic rings. The minimum Gasteiger partial charge on any atom is -0.311 e. The smallest absolute Gasteiger partial charge is 0.227 e. The third-order valence-corrected chi connectivity index (χ3v) is 4.67. The van der Waals surface area contributed by atoms with Crippen molar-refractivity contribution in [2.24, 2.45) is 5.92 Å². The Morgan fingerprint density at radius 2 is 2.00 bits per heavy atom. The molecule has 1 saturated heterocycles. The van der Waals surface area contributed by atoms with E-state index in [2.05, 4.69) is 6.07 Å². The van der Waals surface area contributed by atoms with Gasteiger partial charge in [0.15, 0.2) is 0 Å². The molecule has 1 aromatic carbocycles. The van der Waals surface area contributed by atoms with Gasteiger partial charge in [0.05, 0.1) is 12.5 Å². The van der Waals surface area contributed by atoms with Gasteiger partial charge in [-0.05, 0) is 42.4 Å². The van der Waals surface area contributed by atoms with E-state index in [0.29, 0.717) is 25.3 Å². The highest BCUT2D eigenvalue weighted by Crippen LogP contribution is 2.27. The van der Waals surface area contributed by atoms with Gasteiger partial charge < -0.3 is 4.90 Å². The Balaban J connectivity index is 2.02. The number of carbonyl (C=O) groups is 1. The van der Waals surface area contributed by atoms with Crippen LogP contribution in [0.4, 0.5) is 5.69 Å². The lowest BCUT2D eigenvalue weighted by atomic mass is 9.98. The third kappa shape index (κ3) is 4.28. The summed E-state index contributed by atoms with van der Waals surface area (Å²) < 4.78 is 0. The standard InChI is InChI=1S/C16H20N2OS/c17-9-4-10-18(15-5-2-1-3-6-15)16(19)13-14-7-11-20-12-8-14/h1-3,5-6,14H,4,7-8,10-13H2. The van der Waals surface area contributed by atoms with E-state index < -0.39 is 0 Å². The zero-order valence-corrected chi connectivity index (χ0v) is 12.4. The second-order valence-electron chi connectivity index (χ2n) is 5.05. The molecule has 1 amide bonds. The zero-order chi connectivity index (χ0) is 14.2. The van der Waals surface area contributed by atoms with Crippen molar-refractivity contribution < 1.29 is 4.79 Å². The van der Waals surface area contributed by atoms with E-state index in [-0.39, 0.29) is 5.91 Å². The summed E-state index contributed by atoms with van der Waals surface area (Å²) in [6, 6.07) is 11.8. The molecular weight excluding hydrogens is 268 g/mol. The maximum Gasteiger partial charge on any atom is 0.227 e. The monoisotopic (exact) mass is 288 g/mol. The number of thioether (sulfide) groups is 1. The molecule has 4 heteroatoms. The molecule has 106 valence electrons. The van der Waals surface area contributed by atoms with E-state index in [4.69, 9.17) is 5.26 Å². The summed E-state index contributed by atoms with van der Waals surface area (Å²) in [7, 11) is 0. The second kappa shape index (κ2) is 7.96. The van der Waals surface area contributed by atoms with Gasteiger partial charge in [0.2, 0.25) is 5.91 Å². The van der Waals surface area contributed by atoms with Gasteiger partial charge in [-0.1, -0.05) is 18.2 Å². The van der Waals surface area contributed by atoms with Gasteiger partial charge in [-0.3, -0.25) is 4.79 Å². The second-order valence-corrected chi connectivity index (χ2v) is 6.27. The highest BCUT2D eigenvalue weighted by atomic mass is 32.2. The summed E-state index contributed by atoms with van der Waals surface area (Å²) in [6.45, 7) is 0.487. The molecule has 0 unspecified atom stereocenters. The largest absolute Gasteiger partial charge is 0.311 e. The molecule has 0 bridgehead atoms. The summed E-state index contributed by atoms with van der Waals surface area (Å²) in [5.41, 5.74) is 0.901. The van der Waals surface area contributed by atoms with Crippen LogP contribution in [-0.2, 0) is 4.79 Å². The van der Waals surface area contributed by atoms with E-state index in [1.54, 1.807) is 4.90 Å². The van der Waals surface area contributed by atoms with Crippen molar-refractivity contribution >= 4 is 23.4 Å². The molecular formula is C16H20N2OS. The molecule has 0 aromatic heterocycles. The van der Waals surface area contributed by atoms with E-state index >= 15 is 0 Å². The summed E-state index contributed by atoms with van der Waals surface area (Å²) in [5.74, 6) is 3.00. The quantitative estimate of drug-likeness (QED) is 0.833. The normalized spacial score (nSPS) is 15.6. The molecule has 0 radical (unpaired) electrons. The van der Waals surface area contributed by atoms with Crippen molar-refractivity contribution in [3.63, 3.8) is 0 Å². The molecule has 0 N–H and O–H groups in total. The van der Waals surface area contributed by atoms with Gasteiger partial charge in [-0.25, -0.2) is 0 Å². The molecule has 0 atom stereocenters. The van der Waals surface area contributed by atoms with Crippen LogP contribution in [0.25, 0.3) is 0 Å². The highest BCUT2D eigenvalue weighted by molar-refractivity contribution is 7.99. The predicted octanol–water partition coefficient (Wildman–Crippen LogP) is 3.47. The minimum absolute atomic E-state index is 0.156. The third-order valence-electron chi connectivity index (χ3n) is 3.62. The number of rotatable bonds is 5. The fourth-order valence-electron chi connectivity index (χ4n) is 2.48. The molecule has 1 aliphatic heterocycles. The first-order valence-corrected chi connectivity index (χ1v) is 8.27. The van der Waals surface area contributed by atoms with Crippen LogP contribution in [0.1, 0.15) is 25.7 Å². The molecule has 0 spiro atoms. The molecule has 1 fully saturated rings. The van der Waals surface area contributed by atoms with Crippen LogP contribution in [0.3, 0.4) is 0 Å². The van der Waals surface area contributed by atoms with Crippen molar-refractivity contribution in [1.29, 1.82) is 5.26 Å². The first-order chi connectivity index (χ1) is 9.81. The number of para-hydroxylation sites is 1. The average molecular weight is 288 g/mol. The molecule has 0 saturated carbocycles. The Labute approximate surface area is 125 Å². The van der Waals surface area contributed by atoms with Crippen LogP contribution in [0.2, 0.25) is 0 Å². The number of carbonyl (C=O) groups excluding carboxylic acids is 1. The fourth-order valence-corrected chi connectivity index (χ4v) is 3.68. The predicted molar refractivity (Wildman–Crippen MR) is 83.7 cm³/mol. The topological polar surface area (TPSA) is 44.1 Å². The van der Waals surface area contributed by atoms with Gasteiger partial charge in [-0.2, -0.15) is 17.0 Å². The van der Waals surface area contributed by atoms with Crippen LogP contribution in [-0.4, -0.2) is 24.0 Å². The van der Waals surface area contributed by atoms with E-state index in [1.807, 2.05) is 42.1 Å². The van der Waals surface area contributed by atoms with Gasteiger partial charge in [0, 0.05) is 18.7 Å². The Bertz CT molecular complexity index is 463. The first-order valence-electron chi connectivity index (χ1n) is 7.11. The van der Waals surface area contributed by atoms with Crippen LogP contribution >= 0.6 is 11.8 Å². The Hall–Kier alpha value is -1.47. The van der Waals surface area contributed by atoms with Crippen LogP contribution in [0, 0.1) is 17.2 Å². The summed E-state index contributed by atoms with van der Waals surface area (Å²) >= 11 is 1.98. The number of nitrogens with zero attached hydrogens (tertiary/aromatic N) is 2. The zero-order valence-electron chi connectivity index (χ0n) is 11.6. The van der Waals surface area contributed by atoms with Crippen LogP contribution < -0.4 is 4.90 Å². The lowest BCUT2D eigenvalue weighted by Gasteiger charge is -2.26. The van der Waals surface area contributed by atoms with Gasteiger partial charge in [0.1, 0.15) is 0 Å². The lowest BCUT2D eigenvalue weighted by Crippen LogP contribution is -2.33.